The number of anilines is 2. The number of hydrogen-bond acceptors (Lipinski definition) is 4. The largest absolute Gasteiger partial charge is 0.326 e. The fourth-order valence-electron chi connectivity index (χ4n) is 0.764. The minimum atomic E-state index is 0.715. The maximum Gasteiger partial charge on any atom is 0.197 e. The monoisotopic (exact) mass is 126 g/mol. The summed E-state index contributed by atoms with van der Waals surface area (Å²) in [5, 5.41) is 0. The average Bonchev–Trinajstić information content (AvgIpc) is 2.22. The summed E-state index contributed by atoms with van der Waals surface area (Å²) >= 11 is 0. The van der Waals surface area contributed by atoms with Crippen LogP contribution in [0.1, 0.15) is 5.82 Å². The van der Waals surface area contributed by atoms with E-state index in [-0.39, 0.29) is 0 Å². The fraction of sp³-hybridized carbons (Fsp3) is 0.250. The molecule has 0 amide bonds. The van der Waals surface area contributed by atoms with Crippen molar-refractivity contribution in [3.63, 3.8) is 0 Å². The molecule has 3 N–H and O–H groups in total. The van der Waals surface area contributed by atoms with E-state index in [1.807, 2.05) is 6.92 Å². The van der Waals surface area contributed by atoms with Crippen LogP contribution >= 0.6 is 0 Å². The SMILES string of the molecule is Cc1nc2c([nH]1)NON2. The lowest BCUT2D eigenvalue weighted by Gasteiger charge is -1.89. The second-order valence-corrected chi connectivity index (χ2v) is 1.85. The van der Waals surface area contributed by atoms with E-state index in [9.17, 15) is 0 Å². The van der Waals surface area contributed by atoms with Crippen LogP contribution in [0.3, 0.4) is 0 Å². The number of H-pyrrole nitrogens is 1. The van der Waals surface area contributed by atoms with Crippen molar-refractivity contribution >= 4 is 11.6 Å². The van der Waals surface area contributed by atoms with Crippen LogP contribution in [0.25, 0.3) is 0 Å². The minimum absolute atomic E-state index is 0.715. The topological polar surface area (TPSA) is 62.0 Å². The average molecular weight is 126 g/mol. The third-order valence-electron chi connectivity index (χ3n) is 1.12. The van der Waals surface area contributed by atoms with Crippen molar-refractivity contribution in [1.82, 2.24) is 9.97 Å². The van der Waals surface area contributed by atoms with Crippen LogP contribution < -0.4 is 11.0 Å². The number of aryl methyl sites for hydroxylation is 1. The van der Waals surface area contributed by atoms with Gasteiger partial charge in [0, 0.05) is 0 Å². The molecule has 1 aliphatic heterocycles. The first-order valence-corrected chi connectivity index (χ1v) is 2.61. The van der Waals surface area contributed by atoms with E-state index < -0.39 is 0 Å². The molecule has 0 spiro atoms. The maximum absolute atomic E-state index is 4.62. The van der Waals surface area contributed by atoms with Crippen LogP contribution in [0.4, 0.5) is 11.6 Å². The zero-order valence-corrected chi connectivity index (χ0v) is 4.86. The molecular formula is C4H6N4O. The molecule has 0 atom stereocenters. The summed E-state index contributed by atoms with van der Waals surface area (Å²) in [4.78, 5) is 11.6. The molecule has 5 heteroatoms. The van der Waals surface area contributed by atoms with Gasteiger partial charge in [-0.2, -0.15) is 4.94 Å². The van der Waals surface area contributed by atoms with Gasteiger partial charge in [0.05, 0.1) is 0 Å². The molecule has 5 nitrogen and oxygen atoms in total. The van der Waals surface area contributed by atoms with Gasteiger partial charge in [-0.05, 0) is 6.92 Å². The first kappa shape index (κ1) is 4.63. The van der Waals surface area contributed by atoms with Crippen molar-refractivity contribution in [3.8, 4) is 0 Å². The first-order valence-electron chi connectivity index (χ1n) is 2.61. The quantitative estimate of drug-likeness (QED) is 0.471. The standard InChI is InChI=1S/C4H6N4O/c1-2-5-3-4(6-2)8-9-7-3/h7-8H,1H3,(H,5,6). The highest BCUT2D eigenvalue weighted by Gasteiger charge is 2.13. The highest BCUT2D eigenvalue weighted by molar-refractivity contribution is 5.60. The predicted octanol–water partition coefficient (Wildman–Crippen LogP) is 0.402. The lowest BCUT2D eigenvalue weighted by Crippen LogP contribution is -1.97. The Kier molecular flexibility index (Phi) is 0.711. The molecule has 48 valence electrons. The Bertz CT molecular complexity index is 209. The summed E-state index contributed by atoms with van der Waals surface area (Å²) in [6.45, 7) is 1.88. The molecule has 0 unspecified atom stereocenters. The lowest BCUT2D eigenvalue weighted by atomic mass is 10.7. The molecule has 0 bridgehead atoms. The molecule has 0 fully saturated rings. The second kappa shape index (κ2) is 1.38. The van der Waals surface area contributed by atoms with Gasteiger partial charge >= 0.3 is 0 Å². The summed E-state index contributed by atoms with van der Waals surface area (Å²) in [5.41, 5.74) is 5.16. The number of fused-ring (bicyclic) bond motifs is 1. The van der Waals surface area contributed by atoms with Crippen molar-refractivity contribution in [2.24, 2.45) is 0 Å². The van der Waals surface area contributed by atoms with Crippen molar-refractivity contribution in [2.75, 3.05) is 11.0 Å². The third-order valence-corrected chi connectivity index (χ3v) is 1.12. The van der Waals surface area contributed by atoms with Crippen LogP contribution in [-0.2, 0) is 4.94 Å². The number of rotatable bonds is 0. The fourth-order valence-corrected chi connectivity index (χ4v) is 0.764. The van der Waals surface area contributed by atoms with Crippen molar-refractivity contribution in [3.05, 3.63) is 5.82 Å². The zero-order valence-electron chi connectivity index (χ0n) is 4.86. The number of nitrogens with one attached hydrogen (secondary N) is 3. The van der Waals surface area contributed by atoms with Gasteiger partial charge in [-0.15, -0.1) is 0 Å². The Morgan fingerprint density at radius 2 is 2.33 bits per heavy atom. The summed E-state index contributed by atoms with van der Waals surface area (Å²) in [6.07, 6.45) is 0. The number of aromatic nitrogens is 2. The molecule has 0 saturated carbocycles. The highest BCUT2D eigenvalue weighted by atomic mass is 16.8. The Balaban J connectivity index is 2.51. The Morgan fingerprint density at radius 1 is 1.44 bits per heavy atom. The summed E-state index contributed by atoms with van der Waals surface area (Å²) < 4.78 is 0. The van der Waals surface area contributed by atoms with E-state index in [0.717, 1.165) is 11.6 Å². The predicted molar refractivity (Wildman–Crippen MR) is 31.7 cm³/mol. The molecule has 2 heterocycles. The molecule has 1 aromatic rings. The van der Waals surface area contributed by atoms with E-state index >= 15 is 0 Å². The summed E-state index contributed by atoms with van der Waals surface area (Å²) in [6, 6.07) is 0. The van der Waals surface area contributed by atoms with Crippen molar-refractivity contribution in [1.29, 1.82) is 0 Å². The normalized spacial score (nSPS) is 14.3. The lowest BCUT2D eigenvalue weighted by molar-refractivity contribution is 0.279. The van der Waals surface area contributed by atoms with Crippen LogP contribution in [0.15, 0.2) is 0 Å². The number of nitrogens with zero attached hydrogens (tertiary/aromatic N) is 1. The molecule has 0 radical (unpaired) electrons. The third kappa shape index (κ3) is 0.548. The van der Waals surface area contributed by atoms with Gasteiger partial charge in [-0.1, -0.05) is 0 Å². The zero-order chi connectivity index (χ0) is 6.27. The molecule has 0 saturated heterocycles. The van der Waals surface area contributed by atoms with Crippen molar-refractivity contribution in [2.45, 2.75) is 6.92 Å². The molecule has 0 aliphatic carbocycles. The van der Waals surface area contributed by atoms with E-state index in [0.29, 0.717) is 5.82 Å². The van der Waals surface area contributed by atoms with E-state index in [4.69, 9.17) is 0 Å². The van der Waals surface area contributed by atoms with Gasteiger partial charge < -0.3 is 4.98 Å². The smallest absolute Gasteiger partial charge is 0.197 e. The van der Waals surface area contributed by atoms with E-state index in [1.165, 1.54) is 0 Å². The van der Waals surface area contributed by atoms with Gasteiger partial charge in [-0.25, -0.2) is 15.9 Å². The molecule has 0 aromatic carbocycles. The van der Waals surface area contributed by atoms with E-state index in [2.05, 4.69) is 25.9 Å². The number of aromatic amines is 1. The summed E-state index contributed by atoms with van der Waals surface area (Å²) in [5.74, 6) is 2.36. The van der Waals surface area contributed by atoms with Crippen LogP contribution in [0, 0.1) is 6.92 Å². The Hall–Kier alpha value is -1.23. The molecular weight excluding hydrogens is 120 g/mol. The Labute approximate surface area is 51.3 Å². The number of hydrogen-bond donors (Lipinski definition) is 3. The second-order valence-electron chi connectivity index (χ2n) is 1.85. The molecule has 9 heavy (non-hydrogen) atoms. The molecule has 1 aliphatic rings. The van der Waals surface area contributed by atoms with Gasteiger partial charge in [0.25, 0.3) is 0 Å². The first-order chi connectivity index (χ1) is 4.36. The van der Waals surface area contributed by atoms with Gasteiger partial charge in [-0.3, -0.25) is 0 Å². The summed E-state index contributed by atoms with van der Waals surface area (Å²) in [7, 11) is 0. The van der Waals surface area contributed by atoms with Crippen molar-refractivity contribution < 1.29 is 4.94 Å². The molecule has 1 aromatic heterocycles. The minimum Gasteiger partial charge on any atom is -0.326 e. The van der Waals surface area contributed by atoms with Gasteiger partial charge in [0.15, 0.2) is 11.6 Å². The van der Waals surface area contributed by atoms with Crippen LogP contribution in [-0.4, -0.2) is 9.97 Å². The van der Waals surface area contributed by atoms with Gasteiger partial charge in [0.2, 0.25) is 0 Å². The Morgan fingerprint density at radius 3 is 3.11 bits per heavy atom. The van der Waals surface area contributed by atoms with Gasteiger partial charge in [0.1, 0.15) is 5.82 Å². The maximum atomic E-state index is 4.62. The molecule has 2 rings (SSSR count). The number of imidazole rings is 1. The highest BCUT2D eigenvalue weighted by Crippen LogP contribution is 2.21. The van der Waals surface area contributed by atoms with Crippen LogP contribution in [0.5, 0.6) is 0 Å². The van der Waals surface area contributed by atoms with E-state index in [1.54, 1.807) is 0 Å². The van der Waals surface area contributed by atoms with Crippen LogP contribution in [0.2, 0.25) is 0 Å².